The van der Waals surface area contributed by atoms with Crippen LogP contribution in [-0.4, -0.2) is 33.6 Å². The normalized spacial score (nSPS) is 12.1. The average Bonchev–Trinajstić information content (AvgIpc) is 2.69. The highest BCUT2D eigenvalue weighted by atomic mass is 16.7. The molecule has 1 heterocycles. The molecule has 7 heteroatoms. The first-order chi connectivity index (χ1) is 7.59. The van der Waals surface area contributed by atoms with Crippen LogP contribution in [0.3, 0.4) is 0 Å². The zero-order valence-corrected chi connectivity index (χ0v) is 8.77. The molecule has 3 N–H and O–H groups in total. The number of imidazole rings is 1. The minimum absolute atomic E-state index is 0.373. The topological polar surface area (TPSA) is 104 Å². The van der Waals surface area contributed by atoms with Crippen molar-refractivity contribution < 1.29 is 19.5 Å². The number of H-pyrrole nitrogens is 1. The maximum Gasteiger partial charge on any atom is 0.327 e. The zero-order chi connectivity index (χ0) is 12.0. The molecule has 1 unspecified atom stereocenters. The summed E-state index contributed by atoms with van der Waals surface area (Å²) in [6, 6.07) is 0. The van der Waals surface area contributed by atoms with E-state index in [1.165, 1.54) is 6.33 Å². The fourth-order valence-electron chi connectivity index (χ4n) is 1.08. The second-order valence-electron chi connectivity index (χ2n) is 3.32. The summed E-state index contributed by atoms with van der Waals surface area (Å²) in [5.74, 6) is -1.97. The summed E-state index contributed by atoms with van der Waals surface area (Å²) in [7, 11) is 0. The molecule has 0 radical (unpaired) electrons. The minimum atomic E-state index is -1.09. The molecule has 0 aliphatic heterocycles. The zero-order valence-electron chi connectivity index (χ0n) is 8.77. The minimum Gasteiger partial charge on any atom is -0.480 e. The first-order valence-electron chi connectivity index (χ1n) is 4.72. The van der Waals surface area contributed by atoms with Gasteiger partial charge in [0, 0.05) is 18.3 Å². The first-order valence-corrected chi connectivity index (χ1v) is 4.72. The second kappa shape index (κ2) is 5.86. The predicted molar refractivity (Wildman–Crippen MR) is 53.2 cm³/mol. The van der Waals surface area contributed by atoms with Crippen molar-refractivity contribution in [2.45, 2.75) is 13.3 Å². The number of nitrogens with one attached hydrogen (secondary N) is 2. The van der Waals surface area contributed by atoms with E-state index in [0.717, 1.165) is 5.69 Å². The number of carboxylic acid groups (broad SMARTS) is 1. The van der Waals surface area contributed by atoms with Crippen LogP contribution in [0.25, 0.3) is 0 Å². The summed E-state index contributed by atoms with van der Waals surface area (Å²) < 4.78 is 0. The van der Waals surface area contributed by atoms with E-state index in [0.29, 0.717) is 6.42 Å². The van der Waals surface area contributed by atoms with E-state index in [1.807, 2.05) is 0 Å². The Morgan fingerprint density at radius 1 is 1.69 bits per heavy atom. The Kier molecular flexibility index (Phi) is 4.46. The molecule has 1 rings (SSSR count). The van der Waals surface area contributed by atoms with Gasteiger partial charge in [-0.1, -0.05) is 6.92 Å². The first kappa shape index (κ1) is 12.2. The molecule has 0 fully saturated rings. The Labute approximate surface area is 91.8 Å². The highest BCUT2D eigenvalue weighted by Crippen LogP contribution is 2.06. The average molecular weight is 227 g/mol. The lowest BCUT2D eigenvalue weighted by molar-refractivity contribution is -0.157. The van der Waals surface area contributed by atoms with E-state index < -0.39 is 18.5 Å². The largest absolute Gasteiger partial charge is 0.480 e. The van der Waals surface area contributed by atoms with Crippen LogP contribution in [0.5, 0.6) is 0 Å². The van der Waals surface area contributed by atoms with Crippen LogP contribution in [0, 0.1) is 5.92 Å². The molecular weight excluding hydrogens is 214 g/mol. The van der Waals surface area contributed by atoms with Gasteiger partial charge in [0.1, 0.15) is 6.54 Å². The number of aromatic amines is 1. The molecule has 0 spiro atoms. The molecular formula is C9H13N3O4. The van der Waals surface area contributed by atoms with Gasteiger partial charge < -0.3 is 14.9 Å². The highest BCUT2D eigenvalue weighted by Gasteiger charge is 2.16. The maximum atomic E-state index is 11.3. The molecule has 1 aromatic rings. The Hall–Kier alpha value is -1.89. The van der Waals surface area contributed by atoms with E-state index in [4.69, 9.17) is 5.11 Å². The lowest BCUT2D eigenvalue weighted by atomic mass is 10.1. The van der Waals surface area contributed by atoms with Crippen LogP contribution in [0.1, 0.15) is 12.6 Å². The lowest BCUT2D eigenvalue weighted by Crippen LogP contribution is -2.29. The standard InChI is InChI=1S/C9H13N3O4/c1-6(2-7-3-10-5-11-7)9(15)16-12-4-8(13)14/h3,5-6,12H,2,4H2,1H3,(H,10,11)(H,13,14). The molecule has 0 saturated heterocycles. The summed E-state index contributed by atoms with van der Waals surface area (Å²) in [5, 5.41) is 8.31. The van der Waals surface area contributed by atoms with Gasteiger partial charge in [-0.3, -0.25) is 9.59 Å². The van der Waals surface area contributed by atoms with Crippen molar-refractivity contribution in [3.05, 3.63) is 18.2 Å². The van der Waals surface area contributed by atoms with Crippen LogP contribution < -0.4 is 5.48 Å². The smallest absolute Gasteiger partial charge is 0.327 e. The second-order valence-corrected chi connectivity index (χ2v) is 3.32. The van der Waals surface area contributed by atoms with Gasteiger partial charge in [0.25, 0.3) is 0 Å². The van der Waals surface area contributed by atoms with E-state index in [1.54, 1.807) is 13.1 Å². The van der Waals surface area contributed by atoms with Crippen molar-refractivity contribution in [2.75, 3.05) is 6.54 Å². The van der Waals surface area contributed by atoms with Crippen LogP contribution in [0.15, 0.2) is 12.5 Å². The molecule has 16 heavy (non-hydrogen) atoms. The molecule has 0 aromatic carbocycles. The van der Waals surface area contributed by atoms with Crippen LogP contribution >= 0.6 is 0 Å². The summed E-state index contributed by atoms with van der Waals surface area (Å²) in [4.78, 5) is 32.7. The van der Waals surface area contributed by atoms with E-state index >= 15 is 0 Å². The van der Waals surface area contributed by atoms with Crippen LogP contribution in [0.2, 0.25) is 0 Å². The number of hydrogen-bond donors (Lipinski definition) is 3. The number of hydrogen-bond acceptors (Lipinski definition) is 5. The van der Waals surface area contributed by atoms with Crippen molar-refractivity contribution in [1.29, 1.82) is 0 Å². The number of carbonyl (C=O) groups is 2. The summed E-state index contributed by atoms with van der Waals surface area (Å²) in [6.45, 7) is 1.27. The Morgan fingerprint density at radius 3 is 3.00 bits per heavy atom. The number of hydroxylamine groups is 1. The van der Waals surface area contributed by atoms with Gasteiger partial charge in [0.15, 0.2) is 0 Å². The third kappa shape index (κ3) is 4.09. The van der Waals surface area contributed by atoms with Crippen molar-refractivity contribution in [2.24, 2.45) is 5.92 Å². The van der Waals surface area contributed by atoms with Crippen molar-refractivity contribution in [3.8, 4) is 0 Å². The van der Waals surface area contributed by atoms with Crippen molar-refractivity contribution >= 4 is 11.9 Å². The van der Waals surface area contributed by atoms with Gasteiger partial charge in [0.2, 0.25) is 0 Å². The number of aromatic nitrogens is 2. The molecule has 0 aliphatic carbocycles. The fraction of sp³-hybridized carbons (Fsp3) is 0.444. The monoisotopic (exact) mass is 227 g/mol. The van der Waals surface area contributed by atoms with E-state index in [9.17, 15) is 9.59 Å². The number of rotatable bonds is 6. The van der Waals surface area contributed by atoms with Gasteiger partial charge >= 0.3 is 11.9 Å². The van der Waals surface area contributed by atoms with Gasteiger partial charge in [0.05, 0.1) is 12.2 Å². The quantitative estimate of drug-likeness (QED) is 0.577. The molecule has 0 saturated carbocycles. The van der Waals surface area contributed by atoms with Gasteiger partial charge in [-0.05, 0) is 0 Å². The predicted octanol–water partition coefficient (Wildman–Crippen LogP) is -0.279. The fourth-order valence-corrected chi connectivity index (χ4v) is 1.08. The number of nitrogens with zero attached hydrogens (tertiary/aromatic N) is 1. The van der Waals surface area contributed by atoms with Crippen molar-refractivity contribution in [1.82, 2.24) is 15.4 Å². The van der Waals surface area contributed by atoms with Gasteiger partial charge in [-0.2, -0.15) is 0 Å². The Morgan fingerprint density at radius 2 is 2.44 bits per heavy atom. The molecule has 0 amide bonds. The van der Waals surface area contributed by atoms with Gasteiger partial charge in [-0.15, -0.1) is 5.48 Å². The maximum absolute atomic E-state index is 11.3. The van der Waals surface area contributed by atoms with Crippen LogP contribution in [-0.2, 0) is 20.8 Å². The third-order valence-electron chi connectivity index (χ3n) is 1.88. The van der Waals surface area contributed by atoms with E-state index in [2.05, 4.69) is 20.3 Å². The lowest BCUT2D eigenvalue weighted by Gasteiger charge is -2.09. The summed E-state index contributed by atoms with van der Waals surface area (Å²) >= 11 is 0. The van der Waals surface area contributed by atoms with E-state index in [-0.39, 0.29) is 5.92 Å². The molecule has 0 aliphatic rings. The molecule has 1 atom stereocenters. The highest BCUT2D eigenvalue weighted by molar-refractivity contribution is 5.73. The van der Waals surface area contributed by atoms with Gasteiger partial charge in [-0.25, -0.2) is 4.98 Å². The van der Waals surface area contributed by atoms with Crippen molar-refractivity contribution in [3.63, 3.8) is 0 Å². The Balaban J connectivity index is 2.28. The summed E-state index contributed by atoms with van der Waals surface area (Å²) in [6.07, 6.45) is 3.61. The SMILES string of the molecule is CC(Cc1cnc[nH]1)C(=O)ONCC(=O)O. The summed E-state index contributed by atoms with van der Waals surface area (Å²) in [5.41, 5.74) is 2.89. The number of aliphatic carboxylic acids is 1. The molecule has 7 nitrogen and oxygen atoms in total. The molecule has 1 aromatic heterocycles. The number of carbonyl (C=O) groups excluding carboxylic acids is 1. The third-order valence-corrected chi connectivity index (χ3v) is 1.88. The molecule has 88 valence electrons. The number of carboxylic acids is 1. The van der Waals surface area contributed by atoms with Crippen LogP contribution in [0.4, 0.5) is 0 Å². The molecule has 0 bridgehead atoms. The Bertz CT molecular complexity index is 350.